The molecule has 0 saturated heterocycles. The van der Waals surface area contributed by atoms with Crippen LogP contribution in [0.25, 0.3) is 10.9 Å². The summed E-state index contributed by atoms with van der Waals surface area (Å²) in [6, 6.07) is 5.99. The smallest absolute Gasteiger partial charge is 0.225 e. The van der Waals surface area contributed by atoms with Crippen LogP contribution in [0.3, 0.4) is 0 Å². The van der Waals surface area contributed by atoms with Gasteiger partial charge in [0.15, 0.2) is 0 Å². The Hall–Kier alpha value is -2.47. The first kappa shape index (κ1) is 18.9. The maximum Gasteiger partial charge on any atom is 0.225 e. The van der Waals surface area contributed by atoms with E-state index in [0.717, 1.165) is 41.0 Å². The van der Waals surface area contributed by atoms with Crippen molar-refractivity contribution < 1.29 is 9.53 Å². The van der Waals surface area contributed by atoms with Crippen LogP contribution in [0.4, 0.5) is 0 Å². The van der Waals surface area contributed by atoms with E-state index in [0.29, 0.717) is 18.0 Å². The Balaban J connectivity index is 1.53. The fourth-order valence-corrected chi connectivity index (χ4v) is 4.20. The van der Waals surface area contributed by atoms with Crippen molar-refractivity contribution >= 4 is 28.4 Å². The quantitative estimate of drug-likeness (QED) is 0.714. The third kappa shape index (κ3) is 3.15. The van der Waals surface area contributed by atoms with E-state index < -0.39 is 0 Å². The van der Waals surface area contributed by atoms with Gasteiger partial charge in [-0.1, -0.05) is 11.6 Å². The summed E-state index contributed by atoms with van der Waals surface area (Å²) in [7, 11) is 1.67. The van der Waals surface area contributed by atoms with Gasteiger partial charge in [-0.05, 0) is 39.0 Å². The second-order valence-corrected chi connectivity index (χ2v) is 7.92. The normalized spacial score (nSPS) is 15.0. The number of nitrogens with zero attached hydrogens (tertiary/aromatic N) is 3. The van der Waals surface area contributed by atoms with Crippen LogP contribution in [0.15, 0.2) is 18.2 Å². The van der Waals surface area contributed by atoms with E-state index in [1.165, 1.54) is 11.3 Å². The monoisotopic (exact) mass is 400 g/mol. The number of fused-ring (bicyclic) bond motifs is 3. The number of carbonyl (C=O) groups excluding carboxylic acids is 1. The maximum atomic E-state index is 13.0. The van der Waals surface area contributed by atoms with Crippen LogP contribution in [0.1, 0.15) is 42.0 Å². The summed E-state index contributed by atoms with van der Waals surface area (Å²) in [6.07, 6.45) is 1.23. The molecule has 0 radical (unpaired) electrons. The molecule has 28 heavy (non-hydrogen) atoms. The van der Waals surface area contributed by atoms with E-state index >= 15 is 0 Å². The number of hydrogen-bond donors (Lipinski definition) is 1. The highest BCUT2D eigenvalue weighted by Crippen LogP contribution is 2.31. The molecule has 1 aliphatic rings. The third-order valence-electron chi connectivity index (χ3n) is 5.66. The predicted octanol–water partition coefficient (Wildman–Crippen LogP) is 4.18. The molecule has 3 heterocycles. The van der Waals surface area contributed by atoms with Gasteiger partial charge < -0.3 is 14.6 Å². The van der Waals surface area contributed by atoms with E-state index in [-0.39, 0.29) is 11.9 Å². The van der Waals surface area contributed by atoms with E-state index in [9.17, 15) is 4.79 Å². The number of benzene rings is 1. The number of aryl methyl sites for hydroxylation is 1. The Morgan fingerprint density at radius 1 is 1.39 bits per heavy atom. The average molecular weight is 401 g/mol. The molecule has 1 N–H and O–H groups in total. The number of rotatable bonds is 4. The van der Waals surface area contributed by atoms with Gasteiger partial charge in [-0.15, -0.1) is 0 Å². The molecule has 6 nitrogen and oxygen atoms in total. The van der Waals surface area contributed by atoms with Gasteiger partial charge in [-0.2, -0.15) is 5.10 Å². The number of hydrogen-bond acceptors (Lipinski definition) is 3. The molecule has 148 valence electrons. The minimum atomic E-state index is -0.0387. The fraction of sp³-hybridized carbons (Fsp3) is 0.429. The summed E-state index contributed by atoms with van der Waals surface area (Å²) < 4.78 is 7.23. The first-order chi connectivity index (χ1) is 13.4. The standard InChI is InChI=1S/C21H25ClN4O2/c1-12(26-14(3)21(22)13(2)24-26)9-20(27)25-8-7-19-17(11-25)16-10-15(28-4)5-6-18(16)23-19/h5-6,10,12,23H,7-9,11H2,1-4H3. The van der Waals surface area contributed by atoms with E-state index in [1.807, 2.05) is 48.6 Å². The van der Waals surface area contributed by atoms with Gasteiger partial charge in [-0.25, -0.2) is 0 Å². The minimum absolute atomic E-state index is 0.0387. The highest BCUT2D eigenvalue weighted by Gasteiger charge is 2.26. The van der Waals surface area contributed by atoms with Crippen LogP contribution in [0.5, 0.6) is 5.75 Å². The molecule has 7 heteroatoms. The Morgan fingerprint density at radius 3 is 2.86 bits per heavy atom. The molecule has 0 bridgehead atoms. The summed E-state index contributed by atoms with van der Waals surface area (Å²) in [5.41, 5.74) is 5.20. The molecule has 4 rings (SSSR count). The molecular formula is C21H25ClN4O2. The topological polar surface area (TPSA) is 63.1 Å². The van der Waals surface area contributed by atoms with Crippen LogP contribution in [0, 0.1) is 13.8 Å². The number of methoxy groups -OCH3 is 1. The van der Waals surface area contributed by atoms with Gasteiger partial charge in [0.05, 0.1) is 29.6 Å². The second-order valence-electron chi connectivity index (χ2n) is 7.54. The van der Waals surface area contributed by atoms with E-state index in [1.54, 1.807) is 7.11 Å². The number of aromatic amines is 1. The molecule has 3 aromatic rings. The molecule has 1 unspecified atom stereocenters. The lowest BCUT2D eigenvalue weighted by Gasteiger charge is -2.28. The lowest BCUT2D eigenvalue weighted by molar-refractivity contribution is -0.132. The molecule has 1 aromatic carbocycles. The van der Waals surface area contributed by atoms with Gasteiger partial charge in [0, 0.05) is 48.1 Å². The Morgan fingerprint density at radius 2 is 2.18 bits per heavy atom. The number of ether oxygens (including phenoxy) is 1. The summed E-state index contributed by atoms with van der Waals surface area (Å²) in [5.74, 6) is 0.965. The van der Waals surface area contributed by atoms with Crippen LogP contribution in [0.2, 0.25) is 5.02 Å². The number of aromatic nitrogens is 3. The Labute approximate surface area is 169 Å². The van der Waals surface area contributed by atoms with Gasteiger partial charge in [0.2, 0.25) is 5.91 Å². The van der Waals surface area contributed by atoms with Gasteiger partial charge in [0.1, 0.15) is 5.75 Å². The molecule has 0 fully saturated rings. The first-order valence-electron chi connectivity index (χ1n) is 9.55. The zero-order chi connectivity index (χ0) is 20.0. The average Bonchev–Trinajstić information content (AvgIpc) is 3.19. The summed E-state index contributed by atoms with van der Waals surface area (Å²) in [4.78, 5) is 18.4. The number of carbonyl (C=O) groups is 1. The number of amides is 1. The van der Waals surface area contributed by atoms with Gasteiger partial charge in [-0.3, -0.25) is 9.48 Å². The first-order valence-corrected chi connectivity index (χ1v) is 9.93. The number of nitrogens with one attached hydrogen (secondary N) is 1. The highest BCUT2D eigenvalue weighted by atomic mass is 35.5. The molecule has 0 saturated carbocycles. The van der Waals surface area contributed by atoms with Crippen LogP contribution < -0.4 is 4.74 Å². The third-order valence-corrected chi connectivity index (χ3v) is 6.21. The van der Waals surface area contributed by atoms with Crippen molar-refractivity contribution in [2.75, 3.05) is 13.7 Å². The number of halogens is 1. The molecule has 1 atom stereocenters. The maximum absolute atomic E-state index is 13.0. The molecule has 1 amide bonds. The van der Waals surface area contributed by atoms with Crippen molar-refractivity contribution in [2.24, 2.45) is 0 Å². The largest absolute Gasteiger partial charge is 0.497 e. The van der Waals surface area contributed by atoms with Crippen molar-refractivity contribution in [2.45, 2.75) is 46.2 Å². The summed E-state index contributed by atoms with van der Waals surface area (Å²) in [5, 5.41) is 6.30. The van der Waals surface area contributed by atoms with Crippen molar-refractivity contribution in [3.63, 3.8) is 0 Å². The zero-order valence-corrected chi connectivity index (χ0v) is 17.4. The molecule has 0 aliphatic carbocycles. The van der Waals surface area contributed by atoms with Crippen molar-refractivity contribution in [1.82, 2.24) is 19.7 Å². The van der Waals surface area contributed by atoms with Crippen molar-refractivity contribution in [3.8, 4) is 5.75 Å². The van der Waals surface area contributed by atoms with Crippen LogP contribution in [-0.2, 0) is 17.8 Å². The molecule has 2 aromatic heterocycles. The molecule has 1 aliphatic heterocycles. The van der Waals surface area contributed by atoms with Crippen LogP contribution >= 0.6 is 11.6 Å². The second kappa shape index (κ2) is 7.17. The zero-order valence-electron chi connectivity index (χ0n) is 16.7. The van der Waals surface area contributed by atoms with Gasteiger partial charge >= 0.3 is 0 Å². The Bertz CT molecular complexity index is 1050. The van der Waals surface area contributed by atoms with Gasteiger partial charge in [0.25, 0.3) is 0 Å². The fourth-order valence-electron chi connectivity index (χ4n) is 4.07. The summed E-state index contributed by atoms with van der Waals surface area (Å²) in [6.45, 7) is 7.18. The molecular weight excluding hydrogens is 376 g/mol. The highest BCUT2D eigenvalue weighted by molar-refractivity contribution is 6.31. The van der Waals surface area contributed by atoms with Crippen molar-refractivity contribution in [3.05, 3.63) is 45.9 Å². The van der Waals surface area contributed by atoms with Crippen molar-refractivity contribution in [1.29, 1.82) is 0 Å². The van der Waals surface area contributed by atoms with E-state index in [4.69, 9.17) is 16.3 Å². The Kier molecular flexibility index (Phi) is 4.83. The minimum Gasteiger partial charge on any atom is -0.497 e. The lowest BCUT2D eigenvalue weighted by atomic mass is 10.0. The SMILES string of the molecule is COc1ccc2[nH]c3c(c2c1)CN(C(=O)CC(C)n1nc(C)c(Cl)c1C)CC3. The summed E-state index contributed by atoms with van der Waals surface area (Å²) >= 11 is 6.26. The van der Waals surface area contributed by atoms with E-state index in [2.05, 4.69) is 10.1 Å². The van der Waals surface area contributed by atoms with Crippen LogP contribution in [-0.4, -0.2) is 39.2 Å². The number of H-pyrrole nitrogens is 1. The predicted molar refractivity (Wildman–Crippen MR) is 110 cm³/mol. The lowest BCUT2D eigenvalue weighted by Crippen LogP contribution is -2.36. The molecule has 0 spiro atoms.